The Bertz CT molecular complexity index is 1990. The molecule has 5 rings (SSSR count). The summed E-state index contributed by atoms with van der Waals surface area (Å²) >= 11 is 0. The van der Waals surface area contributed by atoms with Crippen molar-refractivity contribution in [2.24, 2.45) is 5.41 Å². The molecule has 0 bridgehead atoms. The van der Waals surface area contributed by atoms with E-state index in [1.165, 1.54) is 48.5 Å². The van der Waals surface area contributed by atoms with E-state index in [0.717, 1.165) is 17.4 Å². The van der Waals surface area contributed by atoms with Gasteiger partial charge in [-0.05, 0) is 97.5 Å². The maximum absolute atomic E-state index is 13.8. The van der Waals surface area contributed by atoms with Crippen molar-refractivity contribution in [3.8, 4) is 11.1 Å². The number of benzene rings is 4. The fourth-order valence-electron chi connectivity index (χ4n) is 5.72. The first-order chi connectivity index (χ1) is 20.6. The first-order valence-electron chi connectivity index (χ1n) is 14.0. The molecule has 0 saturated heterocycles. The molecule has 230 valence electrons. The van der Waals surface area contributed by atoms with Crippen molar-refractivity contribution in [2.75, 3.05) is 17.8 Å². The maximum Gasteiger partial charge on any atom is 0.178 e. The Morgan fingerprint density at radius 2 is 1.11 bits per heavy atom. The first kappa shape index (κ1) is 31.8. The zero-order valence-corrected chi connectivity index (χ0v) is 27.1. The average molecular weight is 653 g/mol. The van der Waals surface area contributed by atoms with Crippen molar-refractivity contribution < 1.29 is 29.6 Å². The van der Waals surface area contributed by atoms with Crippen molar-refractivity contribution in [1.29, 1.82) is 0 Å². The third-order valence-corrected chi connectivity index (χ3v) is 13.1. The summed E-state index contributed by atoms with van der Waals surface area (Å²) in [5.74, 6) is -1.25. The molecular weight excluding hydrogens is 620 g/mol. The van der Waals surface area contributed by atoms with E-state index in [2.05, 4.69) is 0 Å². The van der Waals surface area contributed by atoms with Crippen LogP contribution in [-0.4, -0.2) is 43.0 Å². The van der Waals surface area contributed by atoms with Gasteiger partial charge in [0.05, 0.1) is 26.2 Å². The number of allylic oxidation sites excluding steroid dienone is 2. The molecule has 0 saturated carbocycles. The summed E-state index contributed by atoms with van der Waals surface area (Å²) in [6.07, 6.45) is 3.24. The maximum atomic E-state index is 13.8. The number of hydrogen-bond acceptors (Lipinski definition) is 6. The molecule has 1 aliphatic carbocycles. The highest BCUT2D eigenvalue weighted by atomic mass is 32.2. The SMILES string of the molecule is Cc1ccc(S(=O)(=O)CC2(CS(=O)(=O)c3ccc(C)cc3)CC=C(c3ccc(S(C)(=O)=O)cc3-c3ccc(F)cc3)C2)cc1. The Morgan fingerprint density at radius 3 is 1.59 bits per heavy atom. The van der Waals surface area contributed by atoms with Crippen LogP contribution >= 0.6 is 0 Å². The minimum Gasteiger partial charge on any atom is -0.224 e. The molecule has 4 aromatic rings. The van der Waals surface area contributed by atoms with Crippen molar-refractivity contribution in [3.63, 3.8) is 0 Å². The van der Waals surface area contributed by atoms with Gasteiger partial charge in [-0.25, -0.2) is 29.6 Å². The average Bonchev–Trinajstić information content (AvgIpc) is 3.35. The monoisotopic (exact) mass is 652 g/mol. The molecule has 0 spiro atoms. The summed E-state index contributed by atoms with van der Waals surface area (Å²) in [7, 11) is -11.4. The lowest BCUT2D eigenvalue weighted by atomic mass is 9.86. The van der Waals surface area contributed by atoms with Crippen LogP contribution in [0.2, 0.25) is 0 Å². The van der Waals surface area contributed by atoms with Crippen LogP contribution in [0.5, 0.6) is 0 Å². The number of sulfone groups is 3. The largest absolute Gasteiger partial charge is 0.224 e. The summed E-state index contributed by atoms with van der Waals surface area (Å²) < 4.78 is 93.7. The van der Waals surface area contributed by atoms with E-state index in [1.54, 1.807) is 42.5 Å². The quantitative estimate of drug-likeness (QED) is 0.201. The van der Waals surface area contributed by atoms with Gasteiger partial charge < -0.3 is 0 Å². The third kappa shape index (κ3) is 6.87. The van der Waals surface area contributed by atoms with Crippen molar-refractivity contribution in [3.05, 3.63) is 120 Å². The highest BCUT2D eigenvalue weighted by Gasteiger charge is 2.44. The van der Waals surface area contributed by atoms with Crippen molar-refractivity contribution in [2.45, 2.75) is 41.4 Å². The molecule has 6 nitrogen and oxygen atoms in total. The molecule has 0 aromatic heterocycles. The van der Waals surface area contributed by atoms with Gasteiger partial charge in [0.1, 0.15) is 5.82 Å². The topological polar surface area (TPSA) is 102 Å². The summed E-state index contributed by atoms with van der Waals surface area (Å²) in [6, 6.07) is 23.3. The van der Waals surface area contributed by atoms with Crippen LogP contribution in [0.1, 0.15) is 29.5 Å². The normalized spacial score (nSPS) is 15.2. The lowest BCUT2D eigenvalue weighted by molar-refractivity contribution is 0.400. The molecule has 1 aliphatic rings. The van der Waals surface area contributed by atoms with Crippen molar-refractivity contribution >= 4 is 35.1 Å². The predicted molar refractivity (Wildman–Crippen MR) is 171 cm³/mol. The zero-order chi connectivity index (χ0) is 31.9. The molecule has 0 aliphatic heterocycles. The molecule has 0 radical (unpaired) electrons. The third-order valence-electron chi connectivity index (χ3n) is 8.02. The zero-order valence-electron chi connectivity index (χ0n) is 24.6. The Morgan fingerprint density at radius 1 is 0.636 bits per heavy atom. The van der Waals surface area contributed by atoms with Gasteiger partial charge in [0.25, 0.3) is 0 Å². The highest BCUT2D eigenvalue weighted by molar-refractivity contribution is 7.92. The molecule has 44 heavy (non-hydrogen) atoms. The summed E-state index contributed by atoms with van der Waals surface area (Å²) in [4.78, 5) is 0.315. The lowest BCUT2D eigenvalue weighted by Crippen LogP contribution is -2.35. The Labute approximate surface area is 259 Å². The summed E-state index contributed by atoms with van der Waals surface area (Å²) in [6.45, 7) is 3.71. The molecule has 0 amide bonds. The Kier molecular flexibility index (Phi) is 8.48. The van der Waals surface area contributed by atoms with Gasteiger partial charge in [0, 0.05) is 11.7 Å². The second kappa shape index (κ2) is 11.7. The first-order valence-corrected chi connectivity index (χ1v) is 19.1. The van der Waals surface area contributed by atoms with Crippen molar-refractivity contribution in [1.82, 2.24) is 0 Å². The molecule has 0 fully saturated rings. The Balaban J connectivity index is 1.59. The van der Waals surface area contributed by atoms with E-state index in [9.17, 15) is 29.6 Å². The van der Waals surface area contributed by atoms with E-state index >= 15 is 0 Å². The second-order valence-electron chi connectivity index (χ2n) is 11.7. The van der Waals surface area contributed by atoms with E-state index in [0.29, 0.717) is 22.3 Å². The standard InChI is InChI=1S/C34H33FO6S3/c1-24-4-12-29(13-5-24)43(38,39)22-34(23-44(40,41)30-14-6-25(2)7-15-30)19-18-27(21-34)32-17-16-31(42(3,36)37)20-33(32)26-8-10-28(35)11-9-26/h4-18,20H,19,21-23H2,1-3H3. The van der Waals surface area contributed by atoms with E-state index in [-0.39, 0.29) is 27.5 Å². The second-order valence-corrected chi connectivity index (χ2v) is 17.7. The van der Waals surface area contributed by atoms with E-state index < -0.39 is 52.2 Å². The summed E-state index contributed by atoms with van der Waals surface area (Å²) in [5.41, 5.74) is 3.03. The molecule has 0 unspecified atom stereocenters. The fourth-order valence-corrected chi connectivity index (χ4v) is 10.2. The fraction of sp³-hybridized carbons (Fsp3) is 0.235. The minimum absolute atomic E-state index is 0.0781. The van der Waals surface area contributed by atoms with Crippen LogP contribution in [0.25, 0.3) is 16.7 Å². The highest BCUT2D eigenvalue weighted by Crippen LogP contribution is 2.47. The Hall–Kier alpha value is -3.60. The number of rotatable bonds is 9. The molecule has 0 heterocycles. The predicted octanol–water partition coefficient (Wildman–Crippen LogP) is 6.62. The van der Waals surface area contributed by atoms with Gasteiger partial charge in [-0.3, -0.25) is 0 Å². The van der Waals surface area contributed by atoms with E-state index in [4.69, 9.17) is 0 Å². The van der Waals surface area contributed by atoms with Gasteiger partial charge in [-0.2, -0.15) is 0 Å². The number of hydrogen-bond donors (Lipinski definition) is 0. The van der Waals surface area contributed by atoms with Gasteiger partial charge in [-0.15, -0.1) is 0 Å². The van der Waals surface area contributed by atoms with Gasteiger partial charge in [-0.1, -0.05) is 59.7 Å². The van der Waals surface area contributed by atoms with Gasteiger partial charge >= 0.3 is 0 Å². The molecule has 0 atom stereocenters. The number of aryl methyl sites for hydroxylation is 2. The minimum atomic E-state index is -3.90. The van der Waals surface area contributed by atoms with E-state index in [1.807, 2.05) is 19.9 Å². The molecule has 10 heteroatoms. The van der Waals surface area contributed by atoms with Gasteiger partial charge in [0.15, 0.2) is 29.5 Å². The van der Waals surface area contributed by atoms with Crippen LogP contribution < -0.4 is 0 Å². The van der Waals surface area contributed by atoms with Crippen LogP contribution in [0.15, 0.2) is 112 Å². The van der Waals surface area contributed by atoms with Crippen LogP contribution in [-0.2, 0) is 29.5 Å². The molecule has 0 N–H and O–H groups in total. The molecular formula is C34H33FO6S3. The van der Waals surface area contributed by atoms with Crippen LogP contribution in [0, 0.1) is 25.1 Å². The van der Waals surface area contributed by atoms with Crippen LogP contribution in [0.4, 0.5) is 4.39 Å². The smallest absolute Gasteiger partial charge is 0.178 e. The lowest BCUT2D eigenvalue weighted by Gasteiger charge is -2.29. The van der Waals surface area contributed by atoms with Gasteiger partial charge in [0.2, 0.25) is 0 Å². The summed E-state index contributed by atoms with van der Waals surface area (Å²) in [5, 5.41) is 0. The van der Waals surface area contributed by atoms with Crippen LogP contribution in [0.3, 0.4) is 0 Å². The molecule has 4 aromatic carbocycles. The number of halogens is 1.